The molecule has 1 aromatic carbocycles. The Bertz CT molecular complexity index is 738. The predicted octanol–water partition coefficient (Wildman–Crippen LogP) is -0.580. The molecule has 1 aliphatic heterocycles. The number of hydrogen-bond donors (Lipinski definition) is 2. The Kier molecular flexibility index (Phi) is 2.47. The van der Waals surface area contributed by atoms with Crippen molar-refractivity contribution in [2.75, 3.05) is 0 Å². The third-order valence-corrected chi connectivity index (χ3v) is 4.85. The van der Waals surface area contributed by atoms with E-state index in [2.05, 4.69) is 0 Å². The fourth-order valence-corrected chi connectivity index (χ4v) is 3.74. The Morgan fingerprint density at radius 3 is 2.41 bits per heavy atom. The van der Waals surface area contributed by atoms with Gasteiger partial charge in [-0.25, -0.2) is 26.7 Å². The van der Waals surface area contributed by atoms with Crippen molar-refractivity contribution in [3.05, 3.63) is 22.7 Å². The first-order chi connectivity index (χ1) is 7.63. The van der Waals surface area contributed by atoms with Crippen LogP contribution in [0.2, 0.25) is 5.02 Å². The van der Waals surface area contributed by atoms with E-state index in [0.717, 1.165) is 12.1 Å². The highest BCUT2D eigenvalue weighted by Crippen LogP contribution is 2.30. The number of sulfonamides is 2. The van der Waals surface area contributed by atoms with Crippen LogP contribution in [-0.4, -0.2) is 22.7 Å². The third-order valence-electron chi connectivity index (χ3n) is 2.10. The summed E-state index contributed by atoms with van der Waals surface area (Å²) in [5, 5.41) is 4.56. The van der Waals surface area contributed by atoms with Gasteiger partial charge in [-0.3, -0.25) is 4.79 Å². The van der Waals surface area contributed by atoms with Gasteiger partial charge in [0.1, 0.15) is 9.79 Å². The second kappa shape index (κ2) is 3.42. The standard InChI is InChI=1S/C7H5ClN2O5S2/c8-4-1-3-5(2-6(4)16(9,12)13)17(14,15)10-7(3)11/h1-2H,(H,10,11)(H2,9,12,13). The van der Waals surface area contributed by atoms with Crippen LogP contribution < -0.4 is 9.86 Å². The van der Waals surface area contributed by atoms with E-state index in [1.54, 1.807) is 4.72 Å². The van der Waals surface area contributed by atoms with Crippen molar-refractivity contribution in [1.29, 1.82) is 0 Å². The van der Waals surface area contributed by atoms with Gasteiger partial charge in [0.2, 0.25) is 10.0 Å². The largest absolute Gasteiger partial charge is 0.268 e. The Morgan fingerprint density at radius 1 is 1.29 bits per heavy atom. The first kappa shape index (κ1) is 12.3. The smallest absolute Gasteiger partial charge is 0.266 e. The summed E-state index contributed by atoms with van der Waals surface area (Å²) in [6.45, 7) is 0. The van der Waals surface area contributed by atoms with Gasteiger partial charge in [0.15, 0.2) is 0 Å². The first-order valence-corrected chi connectivity index (χ1v) is 7.47. The molecule has 0 aromatic heterocycles. The number of nitrogens with one attached hydrogen (secondary N) is 1. The van der Waals surface area contributed by atoms with Crippen molar-refractivity contribution >= 4 is 37.6 Å². The SMILES string of the molecule is NS(=O)(=O)c1cc2c(cc1Cl)C(=O)NS2(=O)=O. The normalized spacial score (nSPS) is 17.6. The summed E-state index contributed by atoms with van der Waals surface area (Å²) in [4.78, 5) is 10.3. The van der Waals surface area contributed by atoms with Crippen LogP contribution in [0.1, 0.15) is 10.4 Å². The molecule has 3 N–H and O–H groups in total. The van der Waals surface area contributed by atoms with E-state index in [1.165, 1.54) is 0 Å². The number of carbonyl (C=O) groups is 1. The number of amides is 1. The zero-order valence-corrected chi connectivity index (χ0v) is 10.4. The van der Waals surface area contributed by atoms with E-state index in [0.29, 0.717) is 0 Å². The van der Waals surface area contributed by atoms with Gasteiger partial charge < -0.3 is 0 Å². The lowest BCUT2D eigenvalue weighted by Gasteiger charge is -2.03. The molecule has 92 valence electrons. The summed E-state index contributed by atoms with van der Waals surface area (Å²) >= 11 is 5.62. The molecule has 0 unspecified atom stereocenters. The second-order valence-electron chi connectivity index (χ2n) is 3.26. The summed E-state index contributed by atoms with van der Waals surface area (Å²) in [6.07, 6.45) is 0. The molecule has 1 heterocycles. The van der Waals surface area contributed by atoms with Crippen LogP contribution in [0.25, 0.3) is 0 Å². The number of benzene rings is 1. The van der Waals surface area contributed by atoms with Crippen molar-refractivity contribution in [3.63, 3.8) is 0 Å². The molecule has 1 amide bonds. The number of carbonyl (C=O) groups excluding carboxylic acids is 1. The summed E-state index contributed by atoms with van der Waals surface area (Å²) in [7, 11) is -8.19. The summed E-state index contributed by atoms with van der Waals surface area (Å²) in [5.74, 6) is -0.858. The molecule has 0 fully saturated rings. The Balaban J connectivity index is 2.88. The van der Waals surface area contributed by atoms with E-state index >= 15 is 0 Å². The van der Waals surface area contributed by atoms with E-state index in [9.17, 15) is 21.6 Å². The number of hydrogen-bond acceptors (Lipinski definition) is 5. The van der Waals surface area contributed by atoms with Crippen LogP contribution in [0, 0.1) is 0 Å². The summed E-state index contributed by atoms with van der Waals surface area (Å²) in [5.41, 5.74) is -0.206. The maximum absolute atomic E-state index is 11.4. The number of halogens is 1. The molecule has 17 heavy (non-hydrogen) atoms. The van der Waals surface area contributed by atoms with Crippen LogP contribution in [0.5, 0.6) is 0 Å². The van der Waals surface area contributed by atoms with Crippen molar-refractivity contribution < 1.29 is 21.6 Å². The van der Waals surface area contributed by atoms with Gasteiger partial charge in [-0.15, -0.1) is 0 Å². The molecular weight excluding hydrogens is 292 g/mol. The van der Waals surface area contributed by atoms with E-state index in [-0.39, 0.29) is 10.6 Å². The van der Waals surface area contributed by atoms with E-state index < -0.39 is 35.7 Å². The van der Waals surface area contributed by atoms with Gasteiger partial charge in [-0.1, -0.05) is 11.6 Å². The van der Waals surface area contributed by atoms with Crippen LogP contribution in [-0.2, 0) is 20.0 Å². The van der Waals surface area contributed by atoms with Crippen LogP contribution >= 0.6 is 11.6 Å². The fourth-order valence-electron chi connectivity index (χ4n) is 1.38. The molecular formula is C7H5ClN2O5S2. The zero-order chi connectivity index (χ0) is 13.0. The number of primary sulfonamides is 1. The highest BCUT2D eigenvalue weighted by molar-refractivity contribution is 7.91. The molecule has 0 saturated heterocycles. The molecule has 0 aliphatic carbocycles. The Hall–Kier alpha value is -1.16. The van der Waals surface area contributed by atoms with E-state index in [1.807, 2.05) is 0 Å². The third kappa shape index (κ3) is 1.90. The number of nitrogens with two attached hydrogens (primary N) is 1. The van der Waals surface area contributed by atoms with Crippen molar-refractivity contribution in [2.45, 2.75) is 9.79 Å². The minimum Gasteiger partial charge on any atom is -0.268 e. The maximum Gasteiger partial charge on any atom is 0.266 e. The molecule has 2 rings (SSSR count). The fraction of sp³-hybridized carbons (Fsp3) is 0. The highest BCUT2D eigenvalue weighted by atomic mass is 35.5. The Labute approximate surface area is 102 Å². The highest BCUT2D eigenvalue weighted by Gasteiger charge is 2.34. The van der Waals surface area contributed by atoms with Crippen LogP contribution in [0.3, 0.4) is 0 Å². The van der Waals surface area contributed by atoms with Crippen molar-refractivity contribution in [2.24, 2.45) is 5.14 Å². The second-order valence-corrected chi connectivity index (χ2v) is 6.85. The quantitative estimate of drug-likeness (QED) is 0.717. The molecule has 0 radical (unpaired) electrons. The molecule has 1 aromatic rings. The van der Waals surface area contributed by atoms with Gasteiger partial charge in [0, 0.05) is 0 Å². The summed E-state index contributed by atoms with van der Waals surface area (Å²) in [6, 6.07) is 1.72. The van der Waals surface area contributed by atoms with Crippen molar-refractivity contribution in [3.8, 4) is 0 Å². The lowest BCUT2D eigenvalue weighted by molar-refractivity contribution is 0.0985. The molecule has 0 bridgehead atoms. The topological polar surface area (TPSA) is 123 Å². The average molecular weight is 297 g/mol. The van der Waals surface area contributed by atoms with Crippen molar-refractivity contribution in [1.82, 2.24) is 4.72 Å². The lowest BCUT2D eigenvalue weighted by Crippen LogP contribution is -2.20. The molecule has 7 nitrogen and oxygen atoms in total. The van der Waals surface area contributed by atoms with Gasteiger partial charge in [-0.05, 0) is 12.1 Å². The van der Waals surface area contributed by atoms with E-state index in [4.69, 9.17) is 16.7 Å². The van der Waals surface area contributed by atoms with Gasteiger partial charge >= 0.3 is 0 Å². The monoisotopic (exact) mass is 296 g/mol. The lowest BCUT2D eigenvalue weighted by atomic mass is 10.2. The van der Waals surface area contributed by atoms with Gasteiger partial charge in [-0.2, -0.15) is 0 Å². The molecule has 0 saturated carbocycles. The minimum atomic E-state index is -4.16. The van der Waals surface area contributed by atoms with Gasteiger partial charge in [0.05, 0.1) is 10.6 Å². The molecule has 0 spiro atoms. The molecule has 10 heteroatoms. The van der Waals surface area contributed by atoms with Crippen LogP contribution in [0.4, 0.5) is 0 Å². The minimum absolute atomic E-state index is 0.206. The predicted molar refractivity (Wildman–Crippen MR) is 57.5 cm³/mol. The zero-order valence-electron chi connectivity index (χ0n) is 7.97. The van der Waals surface area contributed by atoms with Gasteiger partial charge in [0.25, 0.3) is 15.9 Å². The molecule has 1 aliphatic rings. The maximum atomic E-state index is 11.4. The number of rotatable bonds is 1. The van der Waals surface area contributed by atoms with Crippen LogP contribution in [0.15, 0.2) is 21.9 Å². The first-order valence-electron chi connectivity index (χ1n) is 4.06. The average Bonchev–Trinajstić information content (AvgIpc) is 2.34. The number of fused-ring (bicyclic) bond motifs is 1. The molecule has 0 atom stereocenters. The summed E-state index contributed by atoms with van der Waals surface area (Å²) < 4.78 is 46.9. The Morgan fingerprint density at radius 2 is 1.88 bits per heavy atom.